The highest BCUT2D eigenvalue weighted by atomic mass is 32.2. The number of aromatic amines is 1. The number of nitrogens with zero attached hydrogens (tertiary/aromatic N) is 3. The molecule has 0 spiro atoms. The molecule has 0 unspecified atom stereocenters. The second-order valence-electron chi connectivity index (χ2n) is 7.90. The lowest BCUT2D eigenvalue weighted by molar-refractivity contribution is -0.138. The molecule has 0 bridgehead atoms. The number of pyridine rings is 1. The Kier molecular flexibility index (Phi) is 5.99. The maximum absolute atomic E-state index is 13.5. The van der Waals surface area contributed by atoms with Crippen molar-refractivity contribution in [1.29, 1.82) is 5.26 Å². The molecule has 2 heterocycles. The van der Waals surface area contributed by atoms with Crippen LogP contribution in [0, 0.1) is 11.3 Å². The van der Waals surface area contributed by atoms with Crippen LogP contribution >= 0.6 is 11.8 Å². The van der Waals surface area contributed by atoms with Crippen molar-refractivity contribution in [2.75, 3.05) is 5.75 Å². The Balaban J connectivity index is 1.83. The van der Waals surface area contributed by atoms with E-state index in [0.29, 0.717) is 18.7 Å². The first-order chi connectivity index (χ1) is 14.0. The zero-order chi connectivity index (χ0) is 22.1. The molecule has 0 amide bonds. The smallest absolute Gasteiger partial charge is 0.306 e. The molecular formula is C21H21F3N4OS. The Morgan fingerprint density at radius 3 is 2.57 bits per heavy atom. The van der Waals surface area contributed by atoms with E-state index in [0.717, 1.165) is 28.9 Å². The fraction of sp³-hybridized carbons (Fsp3) is 0.381. The van der Waals surface area contributed by atoms with Gasteiger partial charge in [-0.05, 0) is 24.6 Å². The number of thioether (sulfide) groups is 1. The summed E-state index contributed by atoms with van der Waals surface area (Å²) in [5, 5.41) is 9.44. The maximum Gasteiger partial charge on any atom is 0.417 e. The van der Waals surface area contributed by atoms with Crippen molar-refractivity contribution in [3.05, 3.63) is 57.6 Å². The van der Waals surface area contributed by atoms with E-state index >= 15 is 0 Å². The van der Waals surface area contributed by atoms with Gasteiger partial charge in [-0.25, -0.2) is 9.78 Å². The molecule has 0 atom stereocenters. The third kappa shape index (κ3) is 4.54. The van der Waals surface area contributed by atoms with E-state index in [4.69, 9.17) is 0 Å². The van der Waals surface area contributed by atoms with Crippen LogP contribution in [0.15, 0.2) is 40.2 Å². The van der Waals surface area contributed by atoms with E-state index in [-0.39, 0.29) is 16.4 Å². The minimum Gasteiger partial charge on any atom is -0.306 e. The lowest BCUT2D eigenvalue weighted by atomic mass is 9.90. The first-order valence-corrected chi connectivity index (χ1v) is 10.3. The lowest BCUT2D eigenvalue weighted by Gasteiger charge is -2.21. The highest BCUT2D eigenvalue weighted by Gasteiger charge is 2.37. The largest absolute Gasteiger partial charge is 0.417 e. The molecule has 158 valence electrons. The number of hydrogen-bond donors (Lipinski definition) is 1. The first-order valence-electron chi connectivity index (χ1n) is 9.35. The van der Waals surface area contributed by atoms with Gasteiger partial charge in [0.25, 0.3) is 0 Å². The van der Waals surface area contributed by atoms with Crippen molar-refractivity contribution in [1.82, 2.24) is 14.5 Å². The number of halogens is 3. The second-order valence-corrected chi connectivity index (χ2v) is 8.98. The van der Waals surface area contributed by atoms with Gasteiger partial charge in [0.2, 0.25) is 0 Å². The third-order valence-corrected chi connectivity index (χ3v) is 5.68. The van der Waals surface area contributed by atoms with Gasteiger partial charge in [0.05, 0.1) is 22.2 Å². The summed E-state index contributed by atoms with van der Waals surface area (Å²) in [7, 11) is 0. The third-order valence-electron chi connectivity index (χ3n) is 4.62. The van der Waals surface area contributed by atoms with Gasteiger partial charge in [0.1, 0.15) is 11.1 Å². The van der Waals surface area contributed by atoms with Crippen LogP contribution in [0.4, 0.5) is 13.2 Å². The van der Waals surface area contributed by atoms with Crippen molar-refractivity contribution in [3.8, 4) is 6.07 Å². The van der Waals surface area contributed by atoms with Crippen LogP contribution in [0.1, 0.15) is 44.0 Å². The Morgan fingerprint density at radius 2 is 1.93 bits per heavy atom. The van der Waals surface area contributed by atoms with Crippen LogP contribution in [-0.2, 0) is 18.1 Å². The van der Waals surface area contributed by atoms with Crippen LogP contribution in [0.3, 0.4) is 0 Å². The fourth-order valence-corrected chi connectivity index (χ4v) is 3.99. The molecule has 3 rings (SSSR count). The van der Waals surface area contributed by atoms with Crippen molar-refractivity contribution in [3.63, 3.8) is 0 Å². The van der Waals surface area contributed by atoms with E-state index in [9.17, 15) is 23.2 Å². The number of H-pyrrole nitrogens is 1. The topological polar surface area (TPSA) is 74.5 Å². The number of hydrogen-bond acceptors (Lipinski definition) is 4. The molecule has 9 heteroatoms. The number of nitrogens with one attached hydrogen (secondary N) is 1. The van der Waals surface area contributed by atoms with Gasteiger partial charge >= 0.3 is 11.9 Å². The average molecular weight is 434 g/mol. The van der Waals surface area contributed by atoms with E-state index < -0.39 is 22.7 Å². The van der Waals surface area contributed by atoms with Gasteiger partial charge in [-0.3, -0.25) is 4.57 Å². The first kappa shape index (κ1) is 22.0. The van der Waals surface area contributed by atoms with Crippen molar-refractivity contribution in [2.45, 2.75) is 50.4 Å². The van der Waals surface area contributed by atoms with E-state index in [1.807, 2.05) is 24.3 Å². The quantitative estimate of drug-likeness (QED) is 0.448. The average Bonchev–Trinajstić information content (AvgIpc) is 2.98. The SMILES string of the molecule is CC(C)(C)c1cc(C(F)(F)F)c(C#N)c(SCCCn2c(=O)[nH]c3ccccc32)n1. The number of alkyl halides is 3. The number of aryl methyl sites for hydroxylation is 1. The Hall–Kier alpha value is -2.73. The molecular weight excluding hydrogens is 413 g/mol. The summed E-state index contributed by atoms with van der Waals surface area (Å²) in [5.74, 6) is 0.415. The van der Waals surface area contributed by atoms with Crippen LogP contribution < -0.4 is 5.69 Å². The highest BCUT2D eigenvalue weighted by Crippen LogP contribution is 2.38. The molecule has 1 aromatic carbocycles. The maximum atomic E-state index is 13.5. The summed E-state index contributed by atoms with van der Waals surface area (Å²) in [6.45, 7) is 5.74. The number of aromatic nitrogens is 3. The zero-order valence-corrected chi connectivity index (χ0v) is 17.6. The van der Waals surface area contributed by atoms with Gasteiger partial charge in [0.15, 0.2) is 0 Å². The van der Waals surface area contributed by atoms with Gasteiger partial charge in [0, 0.05) is 23.4 Å². The normalized spacial score (nSPS) is 12.3. The minimum absolute atomic E-state index is 0.0727. The predicted molar refractivity (Wildman–Crippen MR) is 111 cm³/mol. The molecule has 0 saturated heterocycles. The number of benzene rings is 1. The molecule has 0 aliphatic heterocycles. The fourth-order valence-electron chi connectivity index (χ4n) is 3.06. The van der Waals surface area contributed by atoms with Gasteiger partial charge in [-0.2, -0.15) is 18.4 Å². The Bertz CT molecular complexity index is 1170. The molecule has 0 fully saturated rings. The lowest BCUT2D eigenvalue weighted by Crippen LogP contribution is -2.19. The highest BCUT2D eigenvalue weighted by molar-refractivity contribution is 7.99. The van der Waals surface area contributed by atoms with E-state index in [1.165, 1.54) is 0 Å². The molecule has 0 aliphatic rings. The Labute approximate surface area is 175 Å². The second kappa shape index (κ2) is 8.19. The monoisotopic (exact) mass is 434 g/mol. The number of nitriles is 1. The zero-order valence-electron chi connectivity index (χ0n) is 16.8. The van der Waals surface area contributed by atoms with Crippen LogP contribution in [-0.4, -0.2) is 20.3 Å². The molecule has 0 aliphatic carbocycles. The summed E-state index contributed by atoms with van der Waals surface area (Å²) in [4.78, 5) is 19.3. The predicted octanol–water partition coefficient (Wildman–Crippen LogP) is 5.09. The van der Waals surface area contributed by atoms with Gasteiger partial charge < -0.3 is 4.98 Å². The molecule has 0 radical (unpaired) electrons. The Morgan fingerprint density at radius 1 is 1.23 bits per heavy atom. The summed E-state index contributed by atoms with van der Waals surface area (Å²) >= 11 is 1.11. The minimum atomic E-state index is -4.64. The van der Waals surface area contributed by atoms with Crippen LogP contribution in [0.2, 0.25) is 0 Å². The van der Waals surface area contributed by atoms with Gasteiger partial charge in [-0.1, -0.05) is 32.9 Å². The molecule has 5 nitrogen and oxygen atoms in total. The van der Waals surface area contributed by atoms with Crippen LogP contribution in [0.25, 0.3) is 11.0 Å². The standard InChI is InChI=1S/C21H21F3N4OS/c1-20(2,3)17-11-14(21(22,23)24)13(12-25)18(27-17)30-10-6-9-28-16-8-5-4-7-15(16)26-19(28)29/h4-5,7-8,11H,6,9-10H2,1-3H3,(H,26,29). The molecule has 2 aromatic heterocycles. The number of para-hydroxylation sites is 2. The van der Waals surface area contributed by atoms with Crippen molar-refractivity contribution >= 4 is 22.8 Å². The van der Waals surface area contributed by atoms with Crippen molar-refractivity contribution in [2.24, 2.45) is 0 Å². The number of fused-ring (bicyclic) bond motifs is 1. The molecule has 0 saturated carbocycles. The summed E-state index contributed by atoms with van der Waals surface area (Å²) in [5.41, 5.74) is -0.449. The van der Waals surface area contributed by atoms with Gasteiger partial charge in [-0.15, -0.1) is 11.8 Å². The number of imidazole rings is 1. The molecule has 3 aromatic rings. The van der Waals surface area contributed by atoms with E-state index in [2.05, 4.69) is 9.97 Å². The van der Waals surface area contributed by atoms with Crippen LogP contribution in [0.5, 0.6) is 0 Å². The molecule has 30 heavy (non-hydrogen) atoms. The number of rotatable bonds is 5. The summed E-state index contributed by atoms with van der Waals surface area (Å²) < 4.78 is 42.2. The molecule has 1 N–H and O–H groups in total. The van der Waals surface area contributed by atoms with E-state index in [1.54, 1.807) is 31.4 Å². The summed E-state index contributed by atoms with van der Waals surface area (Å²) in [6, 6.07) is 9.94. The van der Waals surface area contributed by atoms with Crippen molar-refractivity contribution < 1.29 is 13.2 Å². The summed E-state index contributed by atoms with van der Waals surface area (Å²) in [6.07, 6.45) is -4.11.